The molecule has 0 heterocycles. The van der Waals surface area contributed by atoms with Gasteiger partial charge in [0.25, 0.3) is 5.91 Å². The molecule has 1 amide bonds. The Morgan fingerprint density at radius 3 is 2.52 bits per heavy atom. The van der Waals surface area contributed by atoms with Crippen LogP contribution in [0.2, 0.25) is 0 Å². The summed E-state index contributed by atoms with van der Waals surface area (Å²) in [7, 11) is 0. The molecular formula is C16H20BrNO3. The average molecular weight is 354 g/mol. The van der Waals surface area contributed by atoms with E-state index in [4.69, 9.17) is 5.11 Å². The lowest BCUT2D eigenvalue weighted by molar-refractivity contribution is -0.143. The van der Waals surface area contributed by atoms with Gasteiger partial charge in [-0.3, -0.25) is 9.59 Å². The highest BCUT2D eigenvalue weighted by molar-refractivity contribution is 9.10. The van der Waals surface area contributed by atoms with Crippen LogP contribution in [0.5, 0.6) is 0 Å². The van der Waals surface area contributed by atoms with Gasteiger partial charge < -0.3 is 10.4 Å². The van der Waals surface area contributed by atoms with Crippen molar-refractivity contribution >= 4 is 27.8 Å². The van der Waals surface area contributed by atoms with Crippen LogP contribution in [0.15, 0.2) is 22.7 Å². The lowest BCUT2D eigenvalue weighted by atomic mass is 9.82. The maximum absolute atomic E-state index is 12.1. The van der Waals surface area contributed by atoms with Gasteiger partial charge in [-0.25, -0.2) is 0 Å². The van der Waals surface area contributed by atoms with Crippen molar-refractivity contribution in [3.8, 4) is 0 Å². The van der Waals surface area contributed by atoms with Crippen molar-refractivity contribution in [3.63, 3.8) is 0 Å². The number of amides is 1. The third-order valence-corrected chi connectivity index (χ3v) is 5.04. The van der Waals surface area contributed by atoms with E-state index in [0.29, 0.717) is 30.9 Å². The molecule has 1 fully saturated rings. The normalized spacial score (nSPS) is 21.8. The van der Waals surface area contributed by atoms with E-state index in [1.54, 1.807) is 0 Å². The van der Waals surface area contributed by atoms with Gasteiger partial charge in [0.15, 0.2) is 0 Å². The minimum Gasteiger partial charge on any atom is -0.481 e. The summed E-state index contributed by atoms with van der Waals surface area (Å²) in [6, 6.07) is 5.56. The molecule has 0 aromatic heterocycles. The number of carbonyl (C=O) groups is 2. The number of halogens is 1. The fraction of sp³-hybridized carbons (Fsp3) is 0.500. The Morgan fingerprint density at radius 2 is 1.95 bits per heavy atom. The molecule has 1 aromatic carbocycles. The number of carboxylic acids is 1. The summed E-state index contributed by atoms with van der Waals surface area (Å²) < 4.78 is 0.928. The Balaban J connectivity index is 1.82. The minimum absolute atomic E-state index is 0.0731. The van der Waals surface area contributed by atoms with E-state index >= 15 is 0 Å². The largest absolute Gasteiger partial charge is 0.481 e. The van der Waals surface area contributed by atoms with Crippen LogP contribution in [-0.4, -0.2) is 23.5 Å². The van der Waals surface area contributed by atoms with Gasteiger partial charge in [-0.15, -0.1) is 0 Å². The molecule has 2 N–H and O–H groups in total. The average Bonchev–Trinajstić information content (AvgIpc) is 2.48. The number of hydrogen-bond acceptors (Lipinski definition) is 2. The van der Waals surface area contributed by atoms with Gasteiger partial charge in [-0.05, 0) is 56.2 Å². The molecule has 114 valence electrons. The van der Waals surface area contributed by atoms with E-state index in [1.165, 1.54) is 0 Å². The third kappa shape index (κ3) is 4.30. The number of rotatable bonds is 4. The van der Waals surface area contributed by atoms with Crippen molar-refractivity contribution in [2.75, 3.05) is 6.54 Å². The molecule has 1 aliphatic carbocycles. The number of aliphatic carboxylic acids is 1. The summed E-state index contributed by atoms with van der Waals surface area (Å²) in [5.41, 5.74) is 1.74. The van der Waals surface area contributed by atoms with Crippen molar-refractivity contribution in [1.29, 1.82) is 0 Å². The number of carbonyl (C=O) groups excluding carboxylic acids is 1. The number of nitrogens with one attached hydrogen (secondary N) is 1. The number of benzene rings is 1. The Morgan fingerprint density at radius 1 is 1.29 bits per heavy atom. The summed E-state index contributed by atoms with van der Waals surface area (Å²) in [5.74, 6) is -0.582. The summed E-state index contributed by atoms with van der Waals surface area (Å²) >= 11 is 3.43. The molecule has 0 saturated heterocycles. The van der Waals surface area contributed by atoms with Gasteiger partial charge in [0.1, 0.15) is 0 Å². The second-order valence-corrected chi connectivity index (χ2v) is 6.58. The first-order valence-corrected chi connectivity index (χ1v) is 8.04. The van der Waals surface area contributed by atoms with E-state index in [2.05, 4.69) is 21.2 Å². The first-order valence-electron chi connectivity index (χ1n) is 7.24. The molecular weight excluding hydrogens is 334 g/mol. The molecule has 21 heavy (non-hydrogen) atoms. The number of aryl methyl sites for hydroxylation is 1. The molecule has 2 rings (SSSR count). The highest BCUT2D eigenvalue weighted by Crippen LogP contribution is 2.28. The van der Waals surface area contributed by atoms with Crippen LogP contribution in [0.25, 0.3) is 0 Å². The Hall–Kier alpha value is -1.36. The Labute approximate surface area is 133 Å². The van der Waals surface area contributed by atoms with E-state index in [9.17, 15) is 9.59 Å². The fourth-order valence-electron chi connectivity index (χ4n) is 2.69. The van der Waals surface area contributed by atoms with Crippen LogP contribution in [0.3, 0.4) is 0 Å². The molecule has 4 nitrogen and oxygen atoms in total. The zero-order valence-corrected chi connectivity index (χ0v) is 13.6. The van der Waals surface area contributed by atoms with Gasteiger partial charge in [0.2, 0.25) is 0 Å². The topological polar surface area (TPSA) is 66.4 Å². The minimum atomic E-state index is -0.693. The summed E-state index contributed by atoms with van der Waals surface area (Å²) in [4.78, 5) is 23.0. The van der Waals surface area contributed by atoms with Crippen LogP contribution < -0.4 is 5.32 Å². The highest BCUT2D eigenvalue weighted by atomic mass is 79.9. The van der Waals surface area contributed by atoms with Crippen molar-refractivity contribution in [2.45, 2.75) is 32.6 Å². The maximum atomic E-state index is 12.1. The molecule has 1 aliphatic rings. The van der Waals surface area contributed by atoms with Gasteiger partial charge >= 0.3 is 5.97 Å². The zero-order valence-electron chi connectivity index (χ0n) is 12.1. The molecule has 0 atom stereocenters. The quantitative estimate of drug-likeness (QED) is 0.871. The standard InChI is InChI=1S/C16H20BrNO3/c1-10-2-5-13(8-14(10)17)15(19)18-9-11-3-6-12(7-4-11)16(20)21/h2,5,8,11-12H,3-4,6-7,9H2,1H3,(H,18,19)(H,20,21). The fourth-order valence-corrected chi connectivity index (χ4v) is 3.07. The molecule has 1 saturated carbocycles. The van der Waals surface area contributed by atoms with Crippen molar-refractivity contribution in [1.82, 2.24) is 5.32 Å². The van der Waals surface area contributed by atoms with E-state index in [0.717, 1.165) is 22.9 Å². The van der Waals surface area contributed by atoms with Gasteiger partial charge in [-0.2, -0.15) is 0 Å². The lowest BCUT2D eigenvalue weighted by Crippen LogP contribution is -2.32. The second-order valence-electron chi connectivity index (χ2n) is 5.73. The summed E-state index contributed by atoms with van der Waals surface area (Å²) in [6.07, 6.45) is 3.17. The summed E-state index contributed by atoms with van der Waals surface area (Å²) in [5, 5.41) is 11.9. The third-order valence-electron chi connectivity index (χ3n) is 4.18. The van der Waals surface area contributed by atoms with Gasteiger partial charge in [0, 0.05) is 16.6 Å². The predicted octanol–water partition coefficient (Wildman–Crippen LogP) is 3.38. The molecule has 0 aliphatic heterocycles. The monoisotopic (exact) mass is 353 g/mol. The molecule has 0 spiro atoms. The first-order chi connectivity index (χ1) is 9.97. The highest BCUT2D eigenvalue weighted by Gasteiger charge is 2.26. The first kappa shape index (κ1) is 16.0. The van der Waals surface area contributed by atoms with Crippen LogP contribution >= 0.6 is 15.9 Å². The number of carboxylic acid groups (broad SMARTS) is 1. The van der Waals surface area contributed by atoms with Crippen molar-refractivity contribution in [2.24, 2.45) is 11.8 Å². The van der Waals surface area contributed by atoms with E-state index < -0.39 is 5.97 Å². The molecule has 0 bridgehead atoms. The van der Waals surface area contributed by atoms with Crippen LogP contribution in [0.4, 0.5) is 0 Å². The molecule has 0 unspecified atom stereocenters. The molecule has 1 aromatic rings. The van der Waals surface area contributed by atoms with Crippen molar-refractivity contribution in [3.05, 3.63) is 33.8 Å². The Bertz CT molecular complexity index is 536. The van der Waals surface area contributed by atoms with Crippen LogP contribution in [-0.2, 0) is 4.79 Å². The van der Waals surface area contributed by atoms with E-state index in [-0.39, 0.29) is 11.8 Å². The maximum Gasteiger partial charge on any atom is 0.306 e. The smallest absolute Gasteiger partial charge is 0.306 e. The molecule has 0 radical (unpaired) electrons. The molecule has 5 heteroatoms. The Kier molecular flexibility index (Phi) is 5.39. The predicted molar refractivity (Wildman–Crippen MR) is 84.3 cm³/mol. The van der Waals surface area contributed by atoms with Gasteiger partial charge in [0.05, 0.1) is 5.92 Å². The van der Waals surface area contributed by atoms with E-state index in [1.807, 2.05) is 25.1 Å². The lowest BCUT2D eigenvalue weighted by Gasteiger charge is -2.26. The SMILES string of the molecule is Cc1ccc(C(=O)NCC2CCC(C(=O)O)CC2)cc1Br. The van der Waals surface area contributed by atoms with Crippen molar-refractivity contribution < 1.29 is 14.7 Å². The number of hydrogen-bond donors (Lipinski definition) is 2. The summed E-state index contributed by atoms with van der Waals surface area (Å²) in [6.45, 7) is 2.60. The van der Waals surface area contributed by atoms with Crippen LogP contribution in [0.1, 0.15) is 41.6 Å². The second kappa shape index (κ2) is 7.07. The van der Waals surface area contributed by atoms with Gasteiger partial charge in [-0.1, -0.05) is 22.0 Å². The zero-order chi connectivity index (χ0) is 15.4. The van der Waals surface area contributed by atoms with Crippen LogP contribution in [0, 0.1) is 18.8 Å².